The summed E-state index contributed by atoms with van der Waals surface area (Å²) in [5.41, 5.74) is -0.768. The molecule has 0 heterocycles. The number of hydrogen-bond acceptors (Lipinski definition) is 3. The van der Waals surface area contributed by atoms with Crippen molar-refractivity contribution in [2.75, 3.05) is 0 Å². The van der Waals surface area contributed by atoms with Crippen LogP contribution in [0.4, 0.5) is 17.6 Å². The Hall–Kier alpha value is -2.94. The van der Waals surface area contributed by atoms with Gasteiger partial charge in [0.15, 0.2) is 6.10 Å². The lowest BCUT2D eigenvalue weighted by molar-refractivity contribution is -0.143. The quantitative estimate of drug-likeness (QED) is 0.668. The van der Waals surface area contributed by atoms with Crippen LogP contribution in [-0.4, -0.2) is 28.1 Å². The third-order valence-corrected chi connectivity index (χ3v) is 3.75. The van der Waals surface area contributed by atoms with Crippen molar-refractivity contribution in [1.82, 2.24) is 5.32 Å². The van der Waals surface area contributed by atoms with Gasteiger partial charge in [-0.15, -0.1) is 0 Å². The fourth-order valence-corrected chi connectivity index (χ4v) is 2.36. The Bertz CT molecular complexity index is 821. The molecule has 0 spiro atoms. The number of aliphatic hydroxyl groups excluding tert-OH is 1. The second kappa shape index (κ2) is 8.17. The summed E-state index contributed by atoms with van der Waals surface area (Å²) < 4.78 is 50.8. The van der Waals surface area contributed by atoms with Gasteiger partial charge >= 0.3 is 12.1 Å². The van der Waals surface area contributed by atoms with Gasteiger partial charge in [-0.3, -0.25) is 4.79 Å². The van der Waals surface area contributed by atoms with Gasteiger partial charge in [-0.2, -0.15) is 13.2 Å². The molecule has 0 aliphatic heterocycles. The topological polar surface area (TPSA) is 86.6 Å². The number of alkyl halides is 3. The van der Waals surface area contributed by atoms with E-state index in [1.165, 1.54) is 18.2 Å². The van der Waals surface area contributed by atoms with Crippen LogP contribution < -0.4 is 5.32 Å². The fraction of sp³-hybridized carbons (Fsp3) is 0.222. The van der Waals surface area contributed by atoms with Crippen molar-refractivity contribution < 1.29 is 37.4 Å². The maximum Gasteiger partial charge on any atom is 0.416 e. The second-order valence-electron chi connectivity index (χ2n) is 5.76. The second-order valence-corrected chi connectivity index (χ2v) is 5.76. The van der Waals surface area contributed by atoms with E-state index in [1.807, 2.05) is 0 Å². The highest BCUT2D eigenvalue weighted by molar-refractivity contribution is 5.87. The van der Waals surface area contributed by atoms with E-state index in [1.54, 1.807) is 0 Å². The Morgan fingerprint density at radius 1 is 1.07 bits per heavy atom. The van der Waals surface area contributed by atoms with Crippen LogP contribution in [-0.2, 0) is 22.2 Å². The minimum absolute atomic E-state index is 0.129. The largest absolute Gasteiger partial charge is 0.480 e. The van der Waals surface area contributed by atoms with Crippen LogP contribution in [0.2, 0.25) is 0 Å². The number of amides is 1. The third-order valence-electron chi connectivity index (χ3n) is 3.75. The van der Waals surface area contributed by atoms with Crippen molar-refractivity contribution in [3.8, 4) is 0 Å². The number of nitrogens with one attached hydrogen (secondary N) is 1. The summed E-state index contributed by atoms with van der Waals surface area (Å²) in [6.07, 6.45) is -6.66. The van der Waals surface area contributed by atoms with Crippen LogP contribution >= 0.6 is 0 Å². The Kier molecular flexibility index (Phi) is 6.17. The van der Waals surface area contributed by atoms with Gasteiger partial charge < -0.3 is 15.5 Å². The zero-order valence-corrected chi connectivity index (χ0v) is 13.7. The van der Waals surface area contributed by atoms with Crippen LogP contribution in [0.3, 0.4) is 0 Å². The highest BCUT2D eigenvalue weighted by Crippen LogP contribution is 2.30. The monoisotopic (exact) mass is 385 g/mol. The summed E-state index contributed by atoms with van der Waals surface area (Å²) in [7, 11) is 0. The van der Waals surface area contributed by atoms with E-state index in [4.69, 9.17) is 0 Å². The molecule has 0 radical (unpaired) electrons. The first-order valence-corrected chi connectivity index (χ1v) is 7.71. The summed E-state index contributed by atoms with van der Waals surface area (Å²) in [5, 5.41) is 21.3. The Balaban J connectivity index is 2.09. The minimum atomic E-state index is -4.56. The molecule has 2 aromatic rings. The summed E-state index contributed by atoms with van der Waals surface area (Å²) in [6, 6.07) is 6.93. The SMILES string of the molecule is O=C(O)[C@H](Cc1cccc(F)c1)NC(=O)[C@@H](O)c1ccc(C(F)(F)F)cc1. The standard InChI is InChI=1S/C18H15F4NO4/c19-13-3-1-2-10(8-13)9-14(17(26)27)23-16(25)15(24)11-4-6-12(7-5-11)18(20,21)22/h1-8,14-15,24H,9H2,(H,23,25)(H,26,27)/t14-,15-/m0/s1. The first-order chi connectivity index (χ1) is 12.6. The maximum absolute atomic E-state index is 13.2. The third kappa shape index (κ3) is 5.52. The van der Waals surface area contributed by atoms with Gasteiger partial charge in [0.2, 0.25) is 0 Å². The predicted molar refractivity (Wildman–Crippen MR) is 86.1 cm³/mol. The highest BCUT2D eigenvalue weighted by Gasteiger charge is 2.31. The van der Waals surface area contributed by atoms with E-state index >= 15 is 0 Å². The average Bonchev–Trinajstić information content (AvgIpc) is 2.59. The molecule has 9 heteroatoms. The number of halogens is 4. The van der Waals surface area contributed by atoms with Crippen LogP contribution in [0, 0.1) is 5.82 Å². The molecule has 0 aliphatic carbocycles. The van der Waals surface area contributed by atoms with Crippen LogP contribution in [0.15, 0.2) is 48.5 Å². The van der Waals surface area contributed by atoms with Gasteiger partial charge in [0.05, 0.1) is 5.56 Å². The Morgan fingerprint density at radius 3 is 2.22 bits per heavy atom. The van der Waals surface area contributed by atoms with Crippen molar-refractivity contribution in [3.63, 3.8) is 0 Å². The molecule has 5 nitrogen and oxygen atoms in total. The summed E-state index contributed by atoms with van der Waals surface area (Å²) in [6.45, 7) is 0. The zero-order chi connectivity index (χ0) is 20.2. The van der Waals surface area contributed by atoms with E-state index in [0.29, 0.717) is 17.7 Å². The Morgan fingerprint density at radius 2 is 1.70 bits per heavy atom. The molecule has 2 rings (SSSR count). The normalized spacial score (nSPS) is 13.7. The van der Waals surface area contributed by atoms with Gasteiger partial charge in [-0.1, -0.05) is 24.3 Å². The zero-order valence-electron chi connectivity index (χ0n) is 13.7. The summed E-state index contributed by atoms with van der Waals surface area (Å²) >= 11 is 0. The lowest BCUT2D eigenvalue weighted by Crippen LogP contribution is -2.44. The molecule has 0 bridgehead atoms. The number of rotatable bonds is 6. The molecule has 0 unspecified atom stereocenters. The number of benzene rings is 2. The van der Waals surface area contributed by atoms with E-state index in [9.17, 15) is 37.4 Å². The van der Waals surface area contributed by atoms with E-state index in [0.717, 1.165) is 18.2 Å². The van der Waals surface area contributed by atoms with Crippen LogP contribution in [0.25, 0.3) is 0 Å². The van der Waals surface area contributed by atoms with Crippen molar-refractivity contribution in [3.05, 3.63) is 71.0 Å². The van der Waals surface area contributed by atoms with Crippen molar-refractivity contribution in [2.24, 2.45) is 0 Å². The molecule has 2 atom stereocenters. The van der Waals surface area contributed by atoms with Gasteiger partial charge in [0.1, 0.15) is 11.9 Å². The molecule has 0 aromatic heterocycles. The Labute approximate surface area is 151 Å². The van der Waals surface area contributed by atoms with E-state index in [-0.39, 0.29) is 12.0 Å². The molecule has 0 fully saturated rings. The number of carbonyl (C=O) groups excluding carboxylic acids is 1. The minimum Gasteiger partial charge on any atom is -0.480 e. The van der Waals surface area contributed by atoms with E-state index in [2.05, 4.69) is 5.32 Å². The number of aliphatic carboxylic acids is 1. The molecular formula is C18H15F4NO4. The summed E-state index contributed by atoms with van der Waals surface area (Å²) in [4.78, 5) is 23.4. The molecule has 2 aromatic carbocycles. The van der Waals surface area contributed by atoms with Crippen LogP contribution in [0.1, 0.15) is 22.8 Å². The fourth-order valence-electron chi connectivity index (χ4n) is 2.36. The average molecular weight is 385 g/mol. The van der Waals surface area contributed by atoms with Gasteiger partial charge in [-0.25, -0.2) is 9.18 Å². The smallest absolute Gasteiger partial charge is 0.416 e. The number of hydrogen-bond donors (Lipinski definition) is 3. The molecule has 27 heavy (non-hydrogen) atoms. The highest BCUT2D eigenvalue weighted by atomic mass is 19.4. The van der Waals surface area contributed by atoms with Gasteiger partial charge in [-0.05, 0) is 35.4 Å². The molecule has 3 N–H and O–H groups in total. The number of carboxylic acids is 1. The van der Waals surface area contributed by atoms with Gasteiger partial charge in [0, 0.05) is 6.42 Å². The number of carbonyl (C=O) groups is 2. The van der Waals surface area contributed by atoms with Crippen molar-refractivity contribution in [2.45, 2.75) is 24.7 Å². The number of aliphatic hydroxyl groups is 1. The molecule has 0 saturated carbocycles. The molecule has 144 valence electrons. The van der Waals surface area contributed by atoms with Crippen molar-refractivity contribution in [1.29, 1.82) is 0 Å². The lowest BCUT2D eigenvalue weighted by atomic mass is 10.0. The number of carboxylic acid groups (broad SMARTS) is 1. The molecule has 0 aliphatic rings. The molecular weight excluding hydrogens is 370 g/mol. The first-order valence-electron chi connectivity index (χ1n) is 7.71. The van der Waals surface area contributed by atoms with E-state index < -0.39 is 41.6 Å². The van der Waals surface area contributed by atoms with Gasteiger partial charge in [0.25, 0.3) is 5.91 Å². The molecule has 1 amide bonds. The first kappa shape index (κ1) is 20.4. The molecule has 0 saturated heterocycles. The predicted octanol–water partition coefficient (Wildman–Crippen LogP) is 2.69. The van der Waals surface area contributed by atoms with Crippen molar-refractivity contribution >= 4 is 11.9 Å². The summed E-state index contributed by atoms with van der Waals surface area (Å²) in [5.74, 6) is -3.08. The lowest BCUT2D eigenvalue weighted by Gasteiger charge is -2.18. The van der Waals surface area contributed by atoms with Crippen LogP contribution in [0.5, 0.6) is 0 Å². The maximum atomic E-state index is 13.2.